The first-order valence-corrected chi connectivity index (χ1v) is 8.60. The lowest BCUT2D eigenvalue weighted by atomic mass is 9.91. The van der Waals surface area contributed by atoms with Crippen LogP contribution in [0.5, 0.6) is 0 Å². The lowest BCUT2D eigenvalue weighted by Crippen LogP contribution is -2.29. The fraction of sp³-hybridized carbons (Fsp3) is 0.400. The van der Waals surface area contributed by atoms with Gasteiger partial charge >= 0.3 is 0 Å². The van der Waals surface area contributed by atoms with Crippen LogP contribution in [0.25, 0.3) is 0 Å². The molecule has 1 atom stereocenters. The first kappa shape index (κ1) is 14.2. The van der Waals surface area contributed by atoms with Crippen molar-refractivity contribution in [2.75, 3.05) is 6.54 Å². The third-order valence-electron chi connectivity index (χ3n) is 3.68. The van der Waals surface area contributed by atoms with Gasteiger partial charge in [0, 0.05) is 17.3 Å². The number of aromatic nitrogens is 1. The average molecular weight is 317 g/mol. The van der Waals surface area contributed by atoms with Crippen molar-refractivity contribution in [3.05, 3.63) is 37.5 Å². The zero-order chi connectivity index (χ0) is 14.8. The minimum absolute atomic E-state index is 0.152. The van der Waals surface area contributed by atoms with Gasteiger partial charge in [0.2, 0.25) is 0 Å². The summed E-state index contributed by atoms with van der Waals surface area (Å²) in [5.74, 6) is 0.147. The smallest absolute Gasteiger partial charge is 0.262 e. The maximum atomic E-state index is 12.2. The number of hydrogen-bond donors (Lipinski definition) is 1. The van der Waals surface area contributed by atoms with Gasteiger partial charge in [-0.1, -0.05) is 0 Å². The van der Waals surface area contributed by atoms with E-state index in [0.29, 0.717) is 22.9 Å². The molecular formula is C15H15N3OS2. The Hall–Kier alpha value is -1.71. The molecule has 108 valence electrons. The summed E-state index contributed by atoms with van der Waals surface area (Å²) in [6.45, 7) is 2.63. The van der Waals surface area contributed by atoms with Crippen LogP contribution in [-0.4, -0.2) is 17.4 Å². The Balaban J connectivity index is 1.69. The number of aryl methyl sites for hydroxylation is 2. The summed E-state index contributed by atoms with van der Waals surface area (Å²) in [5.41, 5.74) is 1.61. The molecule has 2 aromatic heterocycles. The average Bonchev–Trinajstić information content (AvgIpc) is 3.09. The van der Waals surface area contributed by atoms with Gasteiger partial charge in [-0.2, -0.15) is 5.26 Å². The third-order valence-corrected chi connectivity index (χ3v) is 5.64. The van der Waals surface area contributed by atoms with E-state index < -0.39 is 0 Å². The van der Waals surface area contributed by atoms with Crippen molar-refractivity contribution in [3.8, 4) is 6.07 Å². The number of thiophene rings is 1. The Morgan fingerprint density at radius 3 is 3.29 bits per heavy atom. The van der Waals surface area contributed by atoms with Crippen molar-refractivity contribution < 1.29 is 4.79 Å². The summed E-state index contributed by atoms with van der Waals surface area (Å²) in [6, 6.07) is 3.73. The Kier molecular flexibility index (Phi) is 4.04. The van der Waals surface area contributed by atoms with Crippen molar-refractivity contribution in [1.82, 2.24) is 10.3 Å². The molecule has 21 heavy (non-hydrogen) atoms. The van der Waals surface area contributed by atoms with Crippen molar-refractivity contribution in [3.63, 3.8) is 0 Å². The van der Waals surface area contributed by atoms with E-state index in [4.69, 9.17) is 5.26 Å². The maximum Gasteiger partial charge on any atom is 0.262 e. The number of nitriles is 1. The van der Waals surface area contributed by atoms with Crippen molar-refractivity contribution in [2.45, 2.75) is 32.1 Å². The van der Waals surface area contributed by atoms with Gasteiger partial charge in [-0.15, -0.1) is 22.7 Å². The SMILES string of the molecule is Cc1nc2c(s1)CCC[C@@H]2CNC(=O)c1sccc1C#N. The number of fused-ring (bicyclic) bond motifs is 1. The van der Waals surface area contributed by atoms with Crippen molar-refractivity contribution >= 4 is 28.6 Å². The predicted molar refractivity (Wildman–Crippen MR) is 83.9 cm³/mol. The highest BCUT2D eigenvalue weighted by Gasteiger charge is 2.25. The molecule has 3 rings (SSSR count). The molecule has 0 saturated carbocycles. The zero-order valence-corrected chi connectivity index (χ0v) is 13.3. The molecule has 0 bridgehead atoms. The van der Waals surface area contributed by atoms with E-state index in [-0.39, 0.29) is 5.91 Å². The number of rotatable bonds is 3. The summed E-state index contributed by atoms with van der Waals surface area (Å²) < 4.78 is 0. The highest BCUT2D eigenvalue weighted by molar-refractivity contribution is 7.12. The fourth-order valence-electron chi connectivity index (χ4n) is 2.70. The quantitative estimate of drug-likeness (QED) is 0.945. The molecule has 0 aliphatic heterocycles. The van der Waals surface area contributed by atoms with Crippen LogP contribution in [0.2, 0.25) is 0 Å². The molecular weight excluding hydrogens is 302 g/mol. The topological polar surface area (TPSA) is 65.8 Å². The van der Waals surface area contributed by atoms with Gasteiger partial charge in [0.25, 0.3) is 5.91 Å². The Labute approximate surface area is 131 Å². The second-order valence-electron chi connectivity index (χ2n) is 5.12. The van der Waals surface area contributed by atoms with Crippen molar-refractivity contribution in [1.29, 1.82) is 5.26 Å². The van der Waals surface area contributed by atoms with Gasteiger partial charge < -0.3 is 5.32 Å². The Morgan fingerprint density at radius 1 is 1.62 bits per heavy atom. The van der Waals surface area contributed by atoms with Crippen LogP contribution < -0.4 is 5.32 Å². The highest BCUT2D eigenvalue weighted by Crippen LogP contribution is 2.34. The third kappa shape index (κ3) is 2.85. The minimum Gasteiger partial charge on any atom is -0.351 e. The van der Waals surface area contributed by atoms with E-state index in [1.165, 1.54) is 16.2 Å². The van der Waals surface area contributed by atoms with Crippen molar-refractivity contribution in [2.24, 2.45) is 0 Å². The second-order valence-corrected chi connectivity index (χ2v) is 7.32. The van der Waals surface area contributed by atoms with Crippen LogP contribution in [0.3, 0.4) is 0 Å². The first-order chi connectivity index (χ1) is 10.2. The molecule has 4 nitrogen and oxygen atoms in total. The first-order valence-electron chi connectivity index (χ1n) is 6.91. The molecule has 2 heterocycles. The molecule has 0 fully saturated rings. The summed E-state index contributed by atoms with van der Waals surface area (Å²) in [7, 11) is 0. The van der Waals surface area contributed by atoms with Gasteiger partial charge in [0.05, 0.1) is 16.3 Å². The van der Waals surface area contributed by atoms with E-state index >= 15 is 0 Å². The monoisotopic (exact) mass is 317 g/mol. The molecule has 6 heteroatoms. The maximum absolute atomic E-state index is 12.2. The Morgan fingerprint density at radius 2 is 2.48 bits per heavy atom. The highest BCUT2D eigenvalue weighted by atomic mass is 32.1. The molecule has 0 unspecified atom stereocenters. The molecule has 0 spiro atoms. The van der Waals surface area contributed by atoms with E-state index in [2.05, 4.69) is 16.4 Å². The summed E-state index contributed by atoms with van der Waals surface area (Å²) in [5, 5.41) is 14.8. The number of thiazole rings is 1. The van der Waals surface area contributed by atoms with Gasteiger partial charge in [-0.3, -0.25) is 4.79 Å². The van der Waals surface area contributed by atoms with E-state index in [0.717, 1.165) is 30.0 Å². The van der Waals surface area contributed by atoms with E-state index in [1.54, 1.807) is 22.8 Å². The van der Waals surface area contributed by atoms with E-state index in [1.807, 2.05) is 6.92 Å². The van der Waals surface area contributed by atoms with Gasteiger partial charge in [-0.05, 0) is 37.6 Å². The zero-order valence-electron chi connectivity index (χ0n) is 11.7. The summed E-state index contributed by atoms with van der Waals surface area (Å²) in [6.07, 6.45) is 3.32. The summed E-state index contributed by atoms with van der Waals surface area (Å²) >= 11 is 3.08. The van der Waals surface area contributed by atoms with Crippen LogP contribution in [-0.2, 0) is 6.42 Å². The normalized spacial score (nSPS) is 17.0. The molecule has 0 aromatic carbocycles. The van der Waals surface area contributed by atoms with Gasteiger partial charge in [0.15, 0.2) is 0 Å². The standard InChI is InChI=1S/C15H15N3OS2/c1-9-18-13-11(3-2-4-12(13)21-9)8-17-15(19)14-10(7-16)5-6-20-14/h5-6,11H,2-4,8H2,1H3,(H,17,19)/t11-/m1/s1. The Bertz CT molecular complexity index is 711. The fourth-order valence-corrected chi connectivity index (χ4v) is 4.52. The minimum atomic E-state index is -0.152. The molecule has 1 aliphatic rings. The molecule has 2 aromatic rings. The molecule has 0 saturated heterocycles. The number of carbonyl (C=O) groups excluding carboxylic acids is 1. The van der Waals surface area contributed by atoms with Gasteiger partial charge in [-0.25, -0.2) is 4.98 Å². The lowest BCUT2D eigenvalue weighted by Gasteiger charge is -2.21. The van der Waals surface area contributed by atoms with Crippen LogP contribution in [0.15, 0.2) is 11.4 Å². The second kappa shape index (κ2) is 5.96. The predicted octanol–water partition coefficient (Wildman–Crippen LogP) is 3.23. The molecule has 0 radical (unpaired) electrons. The molecule has 1 amide bonds. The molecule has 1 aliphatic carbocycles. The molecule has 1 N–H and O–H groups in total. The van der Waals surface area contributed by atoms with E-state index in [9.17, 15) is 4.79 Å². The summed E-state index contributed by atoms with van der Waals surface area (Å²) in [4.78, 5) is 18.7. The number of hydrogen-bond acceptors (Lipinski definition) is 5. The largest absolute Gasteiger partial charge is 0.351 e. The number of amides is 1. The van der Waals surface area contributed by atoms with Crippen LogP contribution >= 0.6 is 22.7 Å². The van der Waals surface area contributed by atoms with Crippen LogP contribution in [0, 0.1) is 18.3 Å². The number of carbonyl (C=O) groups is 1. The van der Waals surface area contributed by atoms with Gasteiger partial charge in [0.1, 0.15) is 10.9 Å². The van der Waals surface area contributed by atoms with Crippen LogP contribution in [0.4, 0.5) is 0 Å². The number of nitrogens with one attached hydrogen (secondary N) is 1. The number of nitrogens with zero attached hydrogens (tertiary/aromatic N) is 2. The lowest BCUT2D eigenvalue weighted by molar-refractivity contribution is 0.0954. The van der Waals surface area contributed by atoms with Crippen LogP contribution in [0.1, 0.15) is 49.6 Å².